The average molecular weight is 403 g/mol. The lowest BCUT2D eigenvalue weighted by atomic mass is 10.4. The van der Waals surface area contributed by atoms with Crippen LogP contribution in [0.15, 0.2) is 24.3 Å². The van der Waals surface area contributed by atoms with Gasteiger partial charge in [0.2, 0.25) is 0 Å². The summed E-state index contributed by atoms with van der Waals surface area (Å²) >= 11 is 0. The maximum Gasteiger partial charge on any atom is 0.537 e. The molecule has 0 aromatic heterocycles. The Bertz CT molecular complexity index is 439. The lowest BCUT2D eigenvalue weighted by molar-refractivity contribution is 0.0853. The van der Waals surface area contributed by atoms with Crippen LogP contribution in [0.1, 0.15) is 41.5 Å². The van der Waals surface area contributed by atoms with Crippen LogP contribution in [0.4, 0.5) is 0 Å². The SMILES string of the molecule is CCO[Si](OCC)(OCC)c1cccc([Si](OCC)(OCC)OCC)c1. The first kappa shape index (κ1) is 23.5. The van der Waals surface area contributed by atoms with Crippen LogP contribution in [0, 0.1) is 0 Å². The highest BCUT2D eigenvalue weighted by molar-refractivity contribution is 6.78. The van der Waals surface area contributed by atoms with E-state index in [1.807, 2.05) is 65.8 Å². The van der Waals surface area contributed by atoms with Crippen molar-refractivity contribution in [3.63, 3.8) is 0 Å². The molecule has 8 heteroatoms. The second kappa shape index (κ2) is 12.0. The molecule has 0 bridgehead atoms. The van der Waals surface area contributed by atoms with Crippen LogP contribution in [0.25, 0.3) is 0 Å². The Balaban J connectivity index is 3.42. The van der Waals surface area contributed by atoms with Crippen molar-refractivity contribution in [3.8, 4) is 0 Å². The Kier molecular flexibility index (Phi) is 10.8. The molecule has 0 aliphatic rings. The minimum absolute atomic E-state index is 0.515. The average Bonchev–Trinajstić information content (AvgIpc) is 2.63. The normalized spacial score (nSPS) is 12.5. The van der Waals surface area contributed by atoms with Crippen molar-refractivity contribution in [1.29, 1.82) is 0 Å². The molecule has 0 heterocycles. The molecule has 0 unspecified atom stereocenters. The van der Waals surface area contributed by atoms with E-state index >= 15 is 0 Å². The highest BCUT2D eigenvalue weighted by Crippen LogP contribution is 2.14. The summed E-state index contributed by atoms with van der Waals surface area (Å²) in [5, 5.41) is 1.80. The summed E-state index contributed by atoms with van der Waals surface area (Å²) in [4.78, 5) is 0. The third kappa shape index (κ3) is 5.70. The van der Waals surface area contributed by atoms with E-state index < -0.39 is 17.6 Å². The molecule has 1 rings (SSSR count). The molecule has 0 amide bonds. The zero-order valence-corrected chi connectivity index (χ0v) is 19.0. The molecule has 0 radical (unpaired) electrons. The lowest BCUT2D eigenvalue weighted by Crippen LogP contribution is -2.61. The first-order valence-corrected chi connectivity index (χ1v) is 13.0. The Morgan fingerprint density at radius 2 is 0.808 bits per heavy atom. The van der Waals surface area contributed by atoms with Gasteiger partial charge in [-0.25, -0.2) is 0 Å². The summed E-state index contributed by atoms with van der Waals surface area (Å²) < 4.78 is 36.2. The third-order valence-corrected chi connectivity index (χ3v) is 9.62. The van der Waals surface area contributed by atoms with Crippen molar-refractivity contribution in [2.24, 2.45) is 0 Å². The lowest BCUT2D eigenvalue weighted by Gasteiger charge is -2.31. The predicted octanol–water partition coefficient (Wildman–Crippen LogP) is 2.20. The summed E-state index contributed by atoms with van der Waals surface area (Å²) in [5.74, 6) is 0. The minimum Gasteiger partial charge on any atom is -0.370 e. The van der Waals surface area contributed by atoms with E-state index in [9.17, 15) is 0 Å². The molecule has 0 fully saturated rings. The minimum atomic E-state index is -3.00. The van der Waals surface area contributed by atoms with E-state index in [4.69, 9.17) is 26.6 Å². The number of hydrogen-bond acceptors (Lipinski definition) is 6. The Morgan fingerprint density at radius 3 is 1.04 bits per heavy atom. The molecular formula is C18H34O6Si2. The van der Waals surface area contributed by atoms with Gasteiger partial charge in [0, 0.05) is 50.0 Å². The van der Waals surface area contributed by atoms with Crippen LogP contribution in [-0.4, -0.2) is 57.3 Å². The molecule has 0 saturated heterocycles. The van der Waals surface area contributed by atoms with Gasteiger partial charge in [-0.2, -0.15) is 0 Å². The van der Waals surface area contributed by atoms with Crippen molar-refractivity contribution < 1.29 is 26.6 Å². The molecule has 6 nitrogen and oxygen atoms in total. The zero-order valence-electron chi connectivity index (χ0n) is 17.0. The molecule has 0 aliphatic heterocycles. The van der Waals surface area contributed by atoms with E-state index in [-0.39, 0.29) is 0 Å². The van der Waals surface area contributed by atoms with E-state index in [0.29, 0.717) is 39.6 Å². The highest BCUT2D eigenvalue weighted by Gasteiger charge is 2.47. The van der Waals surface area contributed by atoms with Gasteiger partial charge < -0.3 is 26.6 Å². The summed E-state index contributed by atoms with van der Waals surface area (Å²) in [7, 11) is -5.99. The fourth-order valence-corrected chi connectivity index (χ4v) is 7.98. The van der Waals surface area contributed by atoms with Crippen LogP contribution >= 0.6 is 0 Å². The van der Waals surface area contributed by atoms with Crippen molar-refractivity contribution >= 4 is 28.0 Å². The molecule has 150 valence electrons. The first-order valence-electron chi connectivity index (χ1n) is 9.52. The Morgan fingerprint density at radius 1 is 0.538 bits per heavy atom. The Hall–Kier alpha value is -0.586. The van der Waals surface area contributed by atoms with E-state index in [1.54, 1.807) is 0 Å². The summed E-state index contributed by atoms with van der Waals surface area (Å²) in [6, 6.07) is 7.95. The predicted molar refractivity (Wildman–Crippen MR) is 107 cm³/mol. The Labute approximate surface area is 160 Å². The highest BCUT2D eigenvalue weighted by atomic mass is 28.4. The van der Waals surface area contributed by atoms with E-state index in [2.05, 4.69) is 0 Å². The van der Waals surface area contributed by atoms with Gasteiger partial charge in [-0.3, -0.25) is 0 Å². The van der Waals surface area contributed by atoms with Gasteiger partial charge in [0.05, 0.1) is 0 Å². The monoisotopic (exact) mass is 402 g/mol. The second-order valence-electron chi connectivity index (χ2n) is 5.29. The van der Waals surface area contributed by atoms with E-state index in [1.165, 1.54) is 0 Å². The fraction of sp³-hybridized carbons (Fsp3) is 0.667. The quantitative estimate of drug-likeness (QED) is 0.445. The van der Waals surface area contributed by atoms with Crippen LogP contribution in [0.3, 0.4) is 0 Å². The van der Waals surface area contributed by atoms with Gasteiger partial charge in [0.1, 0.15) is 0 Å². The van der Waals surface area contributed by atoms with Gasteiger partial charge in [0.25, 0.3) is 0 Å². The number of hydrogen-bond donors (Lipinski definition) is 0. The largest absolute Gasteiger partial charge is 0.537 e. The van der Waals surface area contributed by atoms with Gasteiger partial charge in [-0.05, 0) is 47.6 Å². The summed E-state index contributed by atoms with van der Waals surface area (Å²) in [6.45, 7) is 14.8. The topological polar surface area (TPSA) is 55.4 Å². The molecule has 0 aliphatic carbocycles. The molecule has 0 atom stereocenters. The number of rotatable bonds is 14. The first-order chi connectivity index (χ1) is 12.6. The van der Waals surface area contributed by atoms with Gasteiger partial charge in [-0.15, -0.1) is 0 Å². The summed E-state index contributed by atoms with van der Waals surface area (Å²) in [5.41, 5.74) is 0. The van der Waals surface area contributed by atoms with Crippen LogP contribution in [0.5, 0.6) is 0 Å². The maximum atomic E-state index is 6.03. The molecule has 1 aromatic carbocycles. The van der Waals surface area contributed by atoms with Crippen LogP contribution < -0.4 is 10.4 Å². The molecule has 0 N–H and O–H groups in total. The fourth-order valence-electron chi connectivity index (χ4n) is 2.79. The van der Waals surface area contributed by atoms with Gasteiger partial charge in [0.15, 0.2) is 0 Å². The molecule has 0 saturated carbocycles. The maximum absolute atomic E-state index is 6.03. The van der Waals surface area contributed by atoms with Crippen molar-refractivity contribution in [2.45, 2.75) is 41.5 Å². The zero-order chi connectivity index (χ0) is 19.5. The van der Waals surface area contributed by atoms with Crippen molar-refractivity contribution in [3.05, 3.63) is 24.3 Å². The third-order valence-electron chi connectivity index (χ3n) is 3.58. The van der Waals surface area contributed by atoms with Gasteiger partial charge in [-0.1, -0.05) is 18.2 Å². The molecule has 26 heavy (non-hydrogen) atoms. The van der Waals surface area contributed by atoms with Crippen molar-refractivity contribution in [2.75, 3.05) is 39.6 Å². The van der Waals surface area contributed by atoms with Crippen molar-refractivity contribution in [1.82, 2.24) is 0 Å². The standard InChI is InChI=1S/C18H34O6Si2/c1-7-19-25(20-8-2,21-9-3)17-14-13-15-18(16-17)26(22-10-4,23-11-5)24-12-6/h13-16H,7-12H2,1-6H3. The van der Waals surface area contributed by atoms with Crippen LogP contribution in [-0.2, 0) is 26.6 Å². The van der Waals surface area contributed by atoms with Gasteiger partial charge >= 0.3 is 17.6 Å². The number of benzene rings is 1. The van der Waals surface area contributed by atoms with E-state index in [0.717, 1.165) is 10.4 Å². The van der Waals surface area contributed by atoms with Crippen LogP contribution in [0.2, 0.25) is 0 Å². The smallest absolute Gasteiger partial charge is 0.370 e. The summed E-state index contributed by atoms with van der Waals surface area (Å²) in [6.07, 6.45) is 0. The molecular weight excluding hydrogens is 368 g/mol. The second-order valence-corrected chi connectivity index (χ2v) is 10.4. The molecule has 1 aromatic rings. The molecule has 0 spiro atoms.